The van der Waals surface area contributed by atoms with Gasteiger partial charge in [-0.05, 0) is 12.8 Å². The van der Waals surface area contributed by atoms with Gasteiger partial charge in [-0.1, -0.05) is 0 Å². The van der Waals surface area contributed by atoms with Crippen LogP contribution in [-0.4, -0.2) is 81.7 Å². The van der Waals surface area contributed by atoms with Gasteiger partial charge < -0.3 is 9.80 Å². The third-order valence-corrected chi connectivity index (χ3v) is 5.79. The van der Waals surface area contributed by atoms with E-state index in [1.807, 2.05) is 32.0 Å². The molecule has 0 spiro atoms. The third kappa shape index (κ3) is 3.69. The zero-order chi connectivity index (χ0) is 17.2. The van der Waals surface area contributed by atoms with E-state index in [9.17, 15) is 9.59 Å². The second-order valence-electron chi connectivity index (χ2n) is 6.75. The van der Waals surface area contributed by atoms with Crippen molar-refractivity contribution in [2.75, 3.05) is 45.8 Å². The maximum absolute atomic E-state index is 12.5. The van der Waals surface area contributed by atoms with Crippen LogP contribution in [0.25, 0.3) is 4.96 Å². The number of carbonyl (C=O) groups is 2. The van der Waals surface area contributed by atoms with E-state index in [0.717, 1.165) is 49.7 Å². The van der Waals surface area contributed by atoms with Gasteiger partial charge in [0.05, 0.1) is 18.7 Å². The van der Waals surface area contributed by atoms with Gasteiger partial charge in [0.1, 0.15) is 0 Å². The van der Waals surface area contributed by atoms with Gasteiger partial charge in [-0.3, -0.25) is 18.9 Å². The molecule has 4 rings (SSSR count). The molecule has 0 bridgehead atoms. The smallest absolute Gasteiger partial charge is 0.236 e. The Morgan fingerprint density at radius 3 is 2.44 bits per heavy atom. The number of rotatable bonds is 4. The van der Waals surface area contributed by atoms with Crippen molar-refractivity contribution in [3.8, 4) is 0 Å². The van der Waals surface area contributed by atoms with Crippen molar-refractivity contribution in [3.05, 3.63) is 23.5 Å². The molecule has 4 heterocycles. The molecule has 25 heavy (non-hydrogen) atoms. The average molecular weight is 361 g/mol. The van der Waals surface area contributed by atoms with E-state index in [0.29, 0.717) is 26.1 Å². The van der Waals surface area contributed by atoms with Crippen LogP contribution < -0.4 is 0 Å². The molecule has 2 aromatic heterocycles. The standard InChI is InChI=1S/C17H23N5O2S/c23-15(11-14-12-22-9-10-25-17(22)18-14)21-7-5-19(6-8-21)13-16(24)20-3-1-2-4-20/h9-10,12H,1-8,11,13H2. The van der Waals surface area contributed by atoms with Gasteiger partial charge in [0, 0.05) is 57.0 Å². The predicted octanol–water partition coefficient (Wildman–Crippen LogP) is 0.705. The first kappa shape index (κ1) is 16.5. The molecule has 0 aliphatic carbocycles. The van der Waals surface area contributed by atoms with Gasteiger partial charge in [-0.2, -0.15) is 0 Å². The lowest BCUT2D eigenvalue weighted by atomic mass is 10.2. The number of hydrogen-bond donors (Lipinski definition) is 0. The number of hydrogen-bond acceptors (Lipinski definition) is 5. The summed E-state index contributed by atoms with van der Waals surface area (Å²) in [7, 11) is 0. The van der Waals surface area contributed by atoms with Crippen molar-refractivity contribution < 1.29 is 9.59 Å². The fraction of sp³-hybridized carbons (Fsp3) is 0.588. The van der Waals surface area contributed by atoms with Crippen LogP contribution in [0.1, 0.15) is 18.5 Å². The lowest BCUT2D eigenvalue weighted by molar-refractivity contribution is -0.134. The quantitative estimate of drug-likeness (QED) is 0.805. The van der Waals surface area contributed by atoms with E-state index >= 15 is 0 Å². The van der Waals surface area contributed by atoms with Crippen LogP contribution in [0.15, 0.2) is 17.8 Å². The van der Waals surface area contributed by atoms with Gasteiger partial charge in [-0.25, -0.2) is 4.98 Å². The maximum atomic E-state index is 12.5. The zero-order valence-electron chi connectivity index (χ0n) is 14.3. The topological polar surface area (TPSA) is 61.2 Å². The Hall–Kier alpha value is -1.93. The molecule has 0 unspecified atom stereocenters. The summed E-state index contributed by atoms with van der Waals surface area (Å²) in [5.41, 5.74) is 0.823. The lowest BCUT2D eigenvalue weighted by Gasteiger charge is -2.35. The van der Waals surface area contributed by atoms with Crippen LogP contribution in [-0.2, 0) is 16.0 Å². The number of fused-ring (bicyclic) bond motifs is 1. The molecule has 2 aliphatic heterocycles. The highest BCUT2D eigenvalue weighted by molar-refractivity contribution is 7.15. The highest BCUT2D eigenvalue weighted by Gasteiger charge is 2.25. The summed E-state index contributed by atoms with van der Waals surface area (Å²) in [6.07, 6.45) is 6.48. The molecule has 0 atom stereocenters. The minimum absolute atomic E-state index is 0.122. The van der Waals surface area contributed by atoms with Crippen LogP contribution >= 0.6 is 11.3 Å². The van der Waals surface area contributed by atoms with Crippen molar-refractivity contribution in [2.45, 2.75) is 19.3 Å². The van der Waals surface area contributed by atoms with Gasteiger partial charge in [0.2, 0.25) is 11.8 Å². The first-order valence-corrected chi connectivity index (χ1v) is 9.76. The molecule has 2 saturated heterocycles. The summed E-state index contributed by atoms with van der Waals surface area (Å²) in [6, 6.07) is 0. The number of thiazole rings is 1. The summed E-state index contributed by atoms with van der Waals surface area (Å²) in [5, 5.41) is 1.98. The molecule has 2 fully saturated rings. The normalized spacial score (nSPS) is 19.0. The number of likely N-dealkylation sites (tertiary alicyclic amines) is 1. The monoisotopic (exact) mass is 361 g/mol. The van der Waals surface area contributed by atoms with E-state index in [1.54, 1.807) is 11.3 Å². The largest absolute Gasteiger partial charge is 0.342 e. The van der Waals surface area contributed by atoms with Crippen LogP contribution in [0.2, 0.25) is 0 Å². The molecule has 8 heteroatoms. The van der Waals surface area contributed by atoms with Crippen LogP contribution in [0.4, 0.5) is 0 Å². The summed E-state index contributed by atoms with van der Waals surface area (Å²) in [5.74, 6) is 0.353. The van der Waals surface area contributed by atoms with Crippen LogP contribution in [0.3, 0.4) is 0 Å². The number of aromatic nitrogens is 2. The van der Waals surface area contributed by atoms with E-state index in [-0.39, 0.29) is 11.8 Å². The zero-order valence-corrected chi connectivity index (χ0v) is 15.1. The van der Waals surface area contributed by atoms with E-state index in [1.165, 1.54) is 0 Å². The van der Waals surface area contributed by atoms with Crippen LogP contribution in [0.5, 0.6) is 0 Å². The van der Waals surface area contributed by atoms with Crippen molar-refractivity contribution in [1.82, 2.24) is 24.1 Å². The predicted molar refractivity (Wildman–Crippen MR) is 95.6 cm³/mol. The molecular weight excluding hydrogens is 338 g/mol. The van der Waals surface area contributed by atoms with Crippen LogP contribution in [0, 0.1) is 0 Å². The van der Waals surface area contributed by atoms with Gasteiger partial charge in [0.25, 0.3) is 0 Å². The molecule has 0 radical (unpaired) electrons. The Balaban J connectivity index is 1.25. The molecule has 0 saturated carbocycles. The summed E-state index contributed by atoms with van der Waals surface area (Å²) in [6.45, 7) is 5.20. The number of carbonyl (C=O) groups excluding carboxylic acids is 2. The summed E-state index contributed by atoms with van der Waals surface area (Å²) >= 11 is 1.57. The molecule has 7 nitrogen and oxygen atoms in total. The fourth-order valence-corrected chi connectivity index (χ4v) is 4.26. The molecule has 2 amide bonds. The minimum atomic E-state index is 0.122. The molecular formula is C17H23N5O2S. The van der Waals surface area contributed by atoms with E-state index in [4.69, 9.17) is 0 Å². The Morgan fingerprint density at radius 2 is 1.72 bits per heavy atom. The van der Waals surface area contributed by atoms with Crippen molar-refractivity contribution in [3.63, 3.8) is 0 Å². The Labute approximate surface area is 150 Å². The maximum Gasteiger partial charge on any atom is 0.236 e. The number of piperazine rings is 1. The van der Waals surface area contributed by atoms with Crippen molar-refractivity contribution in [1.29, 1.82) is 0 Å². The third-order valence-electron chi connectivity index (χ3n) is 5.02. The average Bonchev–Trinajstić information content (AvgIpc) is 3.32. The summed E-state index contributed by atoms with van der Waals surface area (Å²) in [4.78, 5) is 36.1. The first-order chi connectivity index (χ1) is 12.2. The summed E-state index contributed by atoms with van der Waals surface area (Å²) < 4.78 is 1.95. The van der Waals surface area contributed by atoms with Gasteiger partial charge in [0.15, 0.2) is 4.96 Å². The highest BCUT2D eigenvalue weighted by Crippen LogP contribution is 2.13. The van der Waals surface area contributed by atoms with Gasteiger partial charge >= 0.3 is 0 Å². The Morgan fingerprint density at radius 1 is 1.00 bits per heavy atom. The Bertz CT molecular complexity index is 728. The highest BCUT2D eigenvalue weighted by atomic mass is 32.1. The molecule has 134 valence electrons. The second kappa shape index (κ2) is 7.13. The first-order valence-electron chi connectivity index (χ1n) is 8.88. The van der Waals surface area contributed by atoms with E-state index < -0.39 is 0 Å². The van der Waals surface area contributed by atoms with E-state index in [2.05, 4.69) is 9.88 Å². The fourth-order valence-electron chi connectivity index (χ4n) is 3.54. The number of amides is 2. The molecule has 0 aromatic carbocycles. The second-order valence-corrected chi connectivity index (χ2v) is 7.62. The number of imidazole rings is 1. The molecule has 0 N–H and O–H groups in total. The number of nitrogens with zero attached hydrogens (tertiary/aromatic N) is 5. The molecule has 2 aliphatic rings. The van der Waals surface area contributed by atoms with Gasteiger partial charge in [-0.15, -0.1) is 11.3 Å². The lowest BCUT2D eigenvalue weighted by Crippen LogP contribution is -2.51. The van der Waals surface area contributed by atoms with Crippen molar-refractivity contribution >= 4 is 28.1 Å². The minimum Gasteiger partial charge on any atom is -0.342 e. The van der Waals surface area contributed by atoms with Crippen molar-refractivity contribution in [2.24, 2.45) is 0 Å². The SMILES string of the molecule is O=C(Cc1cn2ccsc2n1)N1CCN(CC(=O)N2CCCC2)CC1. The Kier molecular flexibility index (Phi) is 4.72. The molecule has 2 aromatic rings.